The van der Waals surface area contributed by atoms with Crippen LogP contribution in [-0.4, -0.2) is 30.0 Å². The van der Waals surface area contributed by atoms with Crippen molar-refractivity contribution in [2.75, 3.05) is 13.1 Å². The van der Waals surface area contributed by atoms with Crippen LogP contribution in [0.1, 0.15) is 40.0 Å². The molecule has 2 N–H and O–H groups in total. The average molecular weight is 197 g/mol. The molecule has 1 atom stereocenters. The minimum atomic E-state index is 0.302. The summed E-state index contributed by atoms with van der Waals surface area (Å²) in [5.74, 6) is 1.57. The Morgan fingerprint density at radius 3 is 2.71 bits per heavy atom. The topological polar surface area (TPSA) is 41.6 Å². The molecule has 3 heteroatoms. The third-order valence-corrected chi connectivity index (χ3v) is 2.73. The molecule has 0 aliphatic carbocycles. The molecule has 3 nitrogen and oxygen atoms in total. The van der Waals surface area contributed by atoms with Crippen molar-refractivity contribution in [2.24, 2.45) is 16.6 Å². The van der Waals surface area contributed by atoms with Gasteiger partial charge in [-0.25, -0.2) is 0 Å². The van der Waals surface area contributed by atoms with Gasteiger partial charge in [-0.3, -0.25) is 4.99 Å². The van der Waals surface area contributed by atoms with Gasteiger partial charge in [-0.1, -0.05) is 6.92 Å². The summed E-state index contributed by atoms with van der Waals surface area (Å²) in [5.41, 5.74) is 5.94. The predicted octanol–water partition coefficient (Wildman–Crippen LogP) is 1.83. The van der Waals surface area contributed by atoms with E-state index in [-0.39, 0.29) is 0 Å². The van der Waals surface area contributed by atoms with Gasteiger partial charge in [-0.15, -0.1) is 0 Å². The lowest BCUT2D eigenvalue weighted by molar-refractivity contribution is 0.418. The van der Waals surface area contributed by atoms with Crippen molar-refractivity contribution < 1.29 is 0 Å². The molecule has 1 unspecified atom stereocenters. The smallest absolute Gasteiger partial charge is 0.191 e. The van der Waals surface area contributed by atoms with Crippen molar-refractivity contribution in [3.63, 3.8) is 0 Å². The van der Waals surface area contributed by atoms with E-state index in [9.17, 15) is 0 Å². The highest BCUT2D eigenvalue weighted by molar-refractivity contribution is 5.78. The van der Waals surface area contributed by atoms with Gasteiger partial charge in [-0.2, -0.15) is 0 Å². The molecule has 82 valence electrons. The monoisotopic (exact) mass is 197 g/mol. The molecule has 0 radical (unpaired) electrons. The highest BCUT2D eigenvalue weighted by atomic mass is 15.3. The number of aliphatic imine (C=N–C) groups is 1. The second-order valence-electron chi connectivity index (χ2n) is 4.60. The zero-order valence-corrected chi connectivity index (χ0v) is 9.66. The molecule has 1 saturated heterocycles. The van der Waals surface area contributed by atoms with Crippen LogP contribution in [0.2, 0.25) is 0 Å². The van der Waals surface area contributed by atoms with Crippen molar-refractivity contribution in [3.05, 3.63) is 0 Å². The Morgan fingerprint density at radius 2 is 2.07 bits per heavy atom. The van der Waals surface area contributed by atoms with Crippen LogP contribution < -0.4 is 5.73 Å². The lowest BCUT2D eigenvalue weighted by Gasteiger charge is -2.21. The fourth-order valence-corrected chi connectivity index (χ4v) is 1.84. The largest absolute Gasteiger partial charge is 0.370 e. The number of likely N-dealkylation sites (tertiary alicyclic amines) is 1. The Kier molecular flexibility index (Phi) is 4.23. The van der Waals surface area contributed by atoms with Gasteiger partial charge in [0.05, 0.1) is 0 Å². The van der Waals surface area contributed by atoms with Crippen LogP contribution >= 0.6 is 0 Å². The first-order valence-electron chi connectivity index (χ1n) is 5.68. The van der Waals surface area contributed by atoms with E-state index in [0.717, 1.165) is 25.0 Å². The van der Waals surface area contributed by atoms with E-state index in [0.29, 0.717) is 6.04 Å². The second kappa shape index (κ2) is 5.23. The normalized spacial score (nSPS) is 25.3. The maximum atomic E-state index is 5.94. The lowest BCUT2D eigenvalue weighted by atomic mass is 10.0. The van der Waals surface area contributed by atoms with Crippen LogP contribution in [0.3, 0.4) is 0 Å². The Hall–Kier alpha value is -0.730. The minimum Gasteiger partial charge on any atom is -0.370 e. The quantitative estimate of drug-likeness (QED) is 0.515. The molecule has 1 heterocycles. The molecule has 1 rings (SSSR count). The van der Waals surface area contributed by atoms with Gasteiger partial charge in [0.15, 0.2) is 5.96 Å². The molecule has 0 amide bonds. The van der Waals surface area contributed by atoms with Crippen molar-refractivity contribution in [2.45, 2.75) is 46.1 Å². The van der Waals surface area contributed by atoms with E-state index < -0.39 is 0 Å². The average Bonchev–Trinajstić information content (AvgIpc) is 2.28. The number of guanidine groups is 1. The first-order valence-corrected chi connectivity index (χ1v) is 5.68. The molecular formula is C11H23N3. The SMILES string of the molecule is CC1CCCN(C(N)=NC(C)C)CC1. The van der Waals surface area contributed by atoms with Crippen molar-refractivity contribution in [1.29, 1.82) is 0 Å². The molecule has 1 aliphatic heterocycles. The lowest BCUT2D eigenvalue weighted by Crippen LogP contribution is -2.38. The Balaban J connectivity index is 2.51. The van der Waals surface area contributed by atoms with Gasteiger partial charge >= 0.3 is 0 Å². The molecule has 1 fully saturated rings. The van der Waals surface area contributed by atoms with E-state index in [1.165, 1.54) is 19.3 Å². The Morgan fingerprint density at radius 1 is 1.36 bits per heavy atom. The minimum absolute atomic E-state index is 0.302. The van der Waals surface area contributed by atoms with Crippen LogP contribution in [0.5, 0.6) is 0 Å². The van der Waals surface area contributed by atoms with Crippen LogP contribution in [0.4, 0.5) is 0 Å². The van der Waals surface area contributed by atoms with Crippen molar-refractivity contribution >= 4 is 5.96 Å². The fourth-order valence-electron chi connectivity index (χ4n) is 1.84. The molecule has 1 aliphatic rings. The Labute approximate surface area is 87.4 Å². The van der Waals surface area contributed by atoms with E-state index >= 15 is 0 Å². The summed E-state index contributed by atoms with van der Waals surface area (Å²) in [6, 6.07) is 0.302. The molecule has 0 spiro atoms. The number of hydrogen-bond acceptors (Lipinski definition) is 1. The summed E-state index contributed by atoms with van der Waals surface area (Å²) in [4.78, 5) is 6.61. The maximum absolute atomic E-state index is 5.94. The van der Waals surface area contributed by atoms with Crippen LogP contribution in [-0.2, 0) is 0 Å². The zero-order chi connectivity index (χ0) is 10.6. The van der Waals surface area contributed by atoms with Crippen LogP contribution in [0, 0.1) is 5.92 Å². The molecule has 0 aromatic heterocycles. The summed E-state index contributed by atoms with van der Waals surface area (Å²) in [5, 5.41) is 0. The third kappa shape index (κ3) is 3.56. The maximum Gasteiger partial charge on any atom is 0.191 e. The summed E-state index contributed by atoms with van der Waals surface area (Å²) >= 11 is 0. The first-order chi connectivity index (χ1) is 6.59. The summed E-state index contributed by atoms with van der Waals surface area (Å²) in [6.07, 6.45) is 3.81. The van der Waals surface area contributed by atoms with Gasteiger partial charge in [0.25, 0.3) is 0 Å². The predicted molar refractivity (Wildman–Crippen MR) is 61.3 cm³/mol. The fraction of sp³-hybridized carbons (Fsp3) is 0.909. The van der Waals surface area contributed by atoms with Gasteiger partial charge in [0.2, 0.25) is 0 Å². The van der Waals surface area contributed by atoms with Gasteiger partial charge in [0.1, 0.15) is 0 Å². The van der Waals surface area contributed by atoms with Gasteiger partial charge in [0, 0.05) is 19.1 Å². The highest BCUT2D eigenvalue weighted by Gasteiger charge is 2.14. The second-order valence-corrected chi connectivity index (χ2v) is 4.60. The van der Waals surface area contributed by atoms with E-state index in [1.54, 1.807) is 0 Å². The third-order valence-electron chi connectivity index (χ3n) is 2.73. The van der Waals surface area contributed by atoms with E-state index in [1.807, 2.05) is 0 Å². The molecule has 0 saturated carbocycles. The van der Waals surface area contributed by atoms with Gasteiger partial charge < -0.3 is 10.6 Å². The summed E-state index contributed by atoms with van der Waals surface area (Å²) in [6.45, 7) is 8.59. The molecule has 14 heavy (non-hydrogen) atoms. The molecule has 0 aromatic carbocycles. The highest BCUT2D eigenvalue weighted by Crippen LogP contribution is 2.16. The Bertz CT molecular complexity index is 199. The summed E-state index contributed by atoms with van der Waals surface area (Å²) in [7, 11) is 0. The summed E-state index contributed by atoms with van der Waals surface area (Å²) < 4.78 is 0. The van der Waals surface area contributed by atoms with Crippen molar-refractivity contribution in [3.8, 4) is 0 Å². The van der Waals surface area contributed by atoms with E-state index in [2.05, 4.69) is 30.7 Å². The zero-order valence-electron chi connectivity index (χ0n) is 9.66. The standard InChI is InChI=1S/C11H23N3/c1-9(2)13-11(12)14-7-4-5-10(3)6-8-14/h9-10H,4-8H2,1-3H3,(H2,12,13). The molecule has 0 aromatic rings. The van der Waals surface area contributed by atoms with Crippen LogP contribution in [0.15, 0.2) is 4.99 Å². The molecule has 0 bridgehead atoms. The van der Waals surface area contributed by atoms with E-state index in [4.69, 9.17) is 5.73 Å². The first kappa shape index (κ1) is 11.3. The van der Waals surface area contributed by atoms with Crippen molar-refractivity contribution in [1.82, 2.24) is 4.90 Å². The number of rotatable bonds is 1. The van der Waals surface area contributed by atoms with Crippen LogP contribution in [0.25, 0.3) is 0 Å². The number of nitrogens with two attached hydrogens (primary N) is 1. The number of hydrogen-bond donors (Lipinski definition) is 1. The number of nitrogens with zero attached hydrogens (tertiary/aromatic N) is 2. The van der Waals surface area contributed by atoms with Gasteiger partial charge in [-0.05, 0) is 39.0 Å². The molecular weight excluding hydrogens is 174 g/mol.